The molecule has 0 saturated heterocycles. The molecular formula is C26H26N2O3S. The van der Waals surface area contributed by atoms with E-state index in [0.29, 0.717) is 25.1 Å². The summed E-state index contributed by atoms with van der Waals surface area (Å²) in [6, 6.07) is 22.5. The molecule has 0 spiro atoms. The van der Waals surface area contributed by atoms with Gasteiger partial charge in [0.2, 0.25) is 0 Å². The number of carbonyl (C=O) groups excluding carboxylic acids is 1. The monoisotopic (exact) mass is 446 g/mol. The van der Waals surface area contributed by atoms with Gasteiger partial charge in [-0.15, -0.1) is 0 Å². The van der Waals surface area contributed by atoms with Crippen molar-refractivity contribution < 1.29 is 13.2 Å². The van der Waals surface area contributed by atoms with Gasteiger partial charge in [-0.2, -0.15) is 0 Å². The van der Waals surface area contributed by atoms with Crippen molar-refractivity contribution in [3.8, 4) is 0 Å². The number of nitrogens with zero attached hydrogens (tertiary/aromatic N) is 2. The Kier molecular flexibility index (Phi) is 5.25. The highest BCUT2D eigenvalue weighted by atomic mass is 32.2. The van der Waals surface area contributed by atoms with Crippen LogP contribution in [0, 0.1) is 6.92 Å². The molecule has 3 aromatic rings. The molecule has 6 heteroatoms. The summed E-state index contributed by atoms with van der Waals surface area (Å²) < 4.78 is 28.3. The van der Waals surface area contributed by atoms with Crippen molar-refractivity contribution in [3.63, 3.8) is 0 Å². The van der Waals surface area contributed by atoms with E-state index in [1.54, 1.807) is 18.2 Å². The summed E-state index contributed by atoms with van der Waals surface area (Å²) in [7, 11) is -3.74. The SMILES string of the molecule is Cc1ccc(CN(C(=O)c2cccc(S(=O)(=O)N3CCc4ccccc43)c2)C2CC2)cc1. The summed E-state index contributed by atoms with van der Waals surface area (Å²) in [6.07, 6.45) is 2.67. The number of fused-ring (bicyclic) bond motifs is 1. The number of rotatable bonds is 6. The third-order valence-corrected chi connectivity index (χ3v) is 8.04. The molecule has 0 atom stereocenters. The zero-order valence-corrected chi connectivity index (χ0v) is 18.9. The highest BCUT2D eigenvalue weighted by molar-refractivity contribution is 7.92. The average Bonchev–Trinajstić information content (AvgIpc) is 3.55. The third kappa shape index (κ3) is 3.91. The summed E-state index contributed by atoms with van der Waals surface area (Å²) in [4.78, 5) is 15.4. The molecule has 3 aromatic carbocycles. The fourth-order valence-electron chi connectivity index (χ4n) is 4.28. The summed E-state index contributed by atoms with van der Waals surface area (Å²) >= 11 is 0. The highest BCUT2D eigenvalue weighted by Crippen LogP contribution is 2.34. The van der Waals surface area contributed by atoms with E-state index in [1.165, 1.54) is 15.9 Å². The van der Waals surface area contributed by atoms with E-state index >= 15 is 0 Å². The van der Waals surface area contributed by atoms with E-state index in [1.807, 2.05) is 60.4 Å². The molecule has 0 N–H and O–H groups in total. The second-order valence-corrected chi connectivity index (χ2v) is 10.5. The van der Waals surface area contributed by atoms with Crippen molar-refractivity contribution in [2.24, 2.45) is 0 Å². The number of hydrogen-bond acceptors (Lipinski definition) is 3. The Morgan fingerprint density at radius 2 is 1.75 bits per heavy atom. The van der Waals surface area contributed by atoms with Gasteiger partial charge in [-0.3, -0.25) is 9.10 Å². The van der Waals surface area contributed by atoms with Crippen molar-refractivity contribution in [1.82, 2.24) is 4.90 Å². The maximum atomic E-state index is 13.4. The number of benzene rings is 3. The van der Waals surface area contributed by atoms with Gasteiger partial charge in [-0.05, 0) is 61.6 Å². The van der Waals surface area contributed by atoms with Crippen LogP contribution in [0.25, 0.3) is 0 Å². The zero-order valence-electron chi connectivity index (χ0n) is 18.1. The first kappa shape index (κ1) is 20.8. The highest BCUT2D eigenvalue weighted by Gasteiger charge is 2.34. The lowest BCUT2D eigenvalue weighted by molar-refractivity contribution is 0.0729. The minimum Gasteiger partial charge on any atom is -0.331 e. The van der Waals surface area contributed by atoms with Crippen molar-refractivity contribution in [2.45, 2.75) is 43.7 Å². The Morgan fingerprint density at radius 3 is 2.50 bits per heavy atom. The molecule has 1 saturated carbocycles. The fraction of sp³-hybridized carbons (Fsp3) is 0.269. The van der Waals surface area contributed by atoms with Gasteiger partial charge in [0.15, 0.2) is 0 Å². The van der Waals surface area contributed by atoms with Gasteiger partial charge in [0, 0.05) is 24.7 Å². The minimum absolute atomic E-state index is 0.119. The van der Waals surface area contributed by atoms with Crippen molar-refractivity contribution in [1.29, 1.82) is 0 Å². The molecule has 164 valence electrons. The van der Waals surface area contributed by atoms with Crippen molar-refractivity contribution >= 4 is 21.6 Å². The van der Waals surface area contributed by atoms with E-state index in [-0.39, 0.29) is 16.8 Å². The van der Waals surface area contributed by atoms with Gasteiger partial charge >= 0.3 is 0 Å². The number of sulfonamides is 1. The number of aryl methyl sites for hydroxylation is 1. The van der Waals surface area contributed by atoms with Crippen molar-refractivity contribution in [2.75, 3.05) is 10.8 Å². The number of anilines is 1. The Hall–Kier alpha value is -3.12. The van der Waals surface area contributed by atoms with Crippen LogP contribution in [0.1, 0.15) is 39.9 Å². The number of hydrogen-bond donors (Lipinski definition) is 0. The number of carbonyl (C=O) groups is 1. The quantitative estimate of drug-likeness (QED) is 0.558. The molecule has 1 aliphatic carbocycles. The van der Waals surface area contributed by atoms with Crippen LogP contribution in [-0.2, 0) is 23.0 Å². The van der Waals surface area contributed by atoms with E-state index in [2.05, 4.69) is 0 Å². The van der Waals surface area contributed by atoms with Crippen LogP contribution in [0.4, 0.5) is 5.69 Å². The lowest BCUT2D eigenvalue weighted by Gasteiger charge is -2.24. The molecule has 1 fully saturated rings. The van der Waals surface area contributed by atoms with Crippen LogP contribution in [0.5, 0.6) is 0 Å². The number of amides is 1. The molecule has 32 heavy (non-hydrogen) atoms. The number of para-hydroxylation sites is 1. The lowest BCUT2D eigenvalue weighted by atomic mass is 10.1. The van der Waals surface area contributed by atoms with Crippen LogP contribution in [-0.4, -0.2) is 31.8 Å². The topological polar surface area (TPSA) is 57.7 Å². The summed E-state index contributed by atoms with van der Waals surface area (Å²) in [6.45, 7) is 2.99. The maximum absolute atomic E-state index is 13.4. The van der Waals surface area contributed by atoms with E-state index in [4.69, 9.17) is 0 Å². The van der Waals surface area contributed by atoms with Crippen LogP contribution < -0.4 is 4.31 Å². The first-order chi connectivity index (χ1) is 15.4. The van der Waals surface area contributed by atoms with Gasteiger partial charge in [0.05, 0.1) is 10.6 Å². The van der Waals surface area contributed by atoms with Crippen molar-refractivity contribution in [3.05, 3.63) is 95.1 Å². The van der Waals surface area contributed by atoms with E-state index in [0.717, 1.165) is 29.7 Å². The largest absolute Gasteiger partial charge is 0.331 e. The average molecular weight is 447 g/mol. The van der Waals surface area contributed by atoms with Gasteiger partial charge < -0.3 is 4.90 Å². The second-order valence-electron chi connectivity index (χ2n) is 8.63. The molecule has 5 nitrogen and oxygen atoms in total. The molecule has 5 rings (SSSR count). The molecule has 0 unspecified atom stereocenters. The Morgan fingerprint density at radius 1 is 1.00 bits per heavy atom. The molecular weight excluding hydrogens is 420 g/mol. The lowest BCUT2D eigenvalue weighted by Crippen LogP contribution is -2.33. The smallest absolute Gasteiger partial charge is 0.264 e. The second kappa shape index (κ2) is 8.10. The predicted octanol–water partition coefficient (Wildman–Crippen LogP) is 4.55. The summed E-state index contributed by atoms with van der Waals surface area (Å²) in [5.41, 5.74) is 4.43. The molecule has 1 aliphatic heterocycles. The maximum Gasteiger partial charge on any atom is 0.264 e. The molecule has 0 radical (unpaired) electrons. The van der Waals surface area contributed by atoms with Gasteiger partial charge in [-0.25, -0.2) is 8.42 Å². The molecule has 1 heterocycles. The van der Waals surface area contributed by atoms with Crippen LogP contribution in [0.15, 0.2) is 77.7 Å². The van der Waals surface area contributed by atoms with Gasteiger partial charge in [0.1, 0.15) is 0 Å². The predicted molar refractivity (Wildman–Crippen MR) is 125 cm³/mol. The normalized spacial score (nSPS) is 15.5. The fourth-order valence-corrected chi connectivity index (χ4v) is 5.83. The molecule has 0 aromatic heterocycles. The third-order valence-electron chi connectivity index (χ3n) is 6.24. The van der Waals surface area contributed by atoms with E-state index < -0.39 is 10.0 Å². The zero-order chi connectivity index (χ0) is 22.3. The standard InChI is InChI=1S/C26H26N2O3S/c1-19-9-11-20(12-10-19)18-27(23-13-14-23)26(29)22-6-4-7-24(17-22)32(30,31)28-16-15-21-5-2-3-8-25(21)28/h2-12,17,23H,13-16,18H2,1H3. The van der Waals surface area contributed by atoms with Gasteiger partial charge in [-0.1, -0.05) is 54.1 Å². The molecule has 1 amide bonds. The minimum atomic E-state index is -3.74. The van der Waals surface area contributed by atoms with Gasteiger partial charge in [0.25, 0.3) is 15.9 Å². The first-order valence-corrected chi connectivity index (χ1v) is 12.4. The van der Waals surface area contributed by atoms with Crippen LogP contribution in [0.2, 0.25) is 0 Å². The Labute approximate surface area is 189 Å². The van der Waals surface area contributed by atoms with Crippen LogP contribution >= 0.6 is 0 Å². The first-order valence-electron chi connectivity index (χ1n) is 11.0. The summed E-state index contributed by atoms with van der Waals surface area (Å²) in [5, 5.41) is 0. The van der Waals surface area contributed by atoms with Crippen LogP contribution in [0.3, 0.4) is 0 Å². The van der Waals surface area contributed by atoms with E-state index in [9.17, 15) is 13.2 Å². The summed E-state index contributed by atoms with van der Waals surface area (Å²) in [5.74, 6) is -0.119. The Bertz CT molecular complexity index is 1260. The Balaban J connectivity index is 1.43. The molecule has 0 bridgehead atoms. The molecule has 2 aliphatic rings.